The Hall–Kier alpha value is -3.38. The van der Waals surface area contributed by atoms with Crippen molar-refractivity contribution in [1.29, 1.82) is 0 Å². The fourth-order valence-electron chi connectivity index (χ4n) is 4.28. The van der Waals surface area contributed by atoms with E-state index in [4.69, 9.17) is 4.74 Å². The highest BCUT2D eigenvalue weighted by atomic mass is 32.2. The Morgan fingerprint density at radius 2 is 2.03 bits per heavy atom. The summed E-state index contributed by atoms with van der Waals surface area (Å²) in [5.74, 6) is -0.0452. The van der Waals surface area contributed by atoms with Crippen LogP contribution in [-0.4, -0.2) is 62.8 Å². The summed E-state index contributed by atoms with van der Waals surface area (Å²) in [4.78, 5) is 18.1. The van der Waals surface area contributed by atoms with Crippen molar-refractivity contribution < 1.29 is 27.4 Å². The molecule has 1 saturated heterocycles. The number of methoxy groups -OCH3 is 1. The van der Waals surface area contributed by atoms with Crippen molar-refractivity contribution >= 4 is 39.0 Å². The lowest BCUT2D eigenvalue weighted by Gasteiger charge is -2.29. The topological polar surface area (TPSA) is 103 Å². The number of likely N-dealkylation sites (N-methyl/N-ethyl adjacent to an activating group) is 1. The fourth-order valence-corrected chi connectivity index (χ4v) is 6.42. The smallest absolute Gasteiger partial charge is 0.407 e. The van der Waals surface area contributed by atoms with Gasteiger partial charge in [0, 0.05) is 37.2 Å². The molecular formula is C24H27FN4O5S2. The number of aromatic nitrogens is 1. The molecule has 2 heterocycles. The lowest BCUT2D eigenvalue weighted by molar-refractivity contribution is 0.155. The van der Waals surface area contributed by atoms with Crippen molar-refractivity contribution in [3.63, 3.8) is 0 Å². The highest BCUT2D eigenvalue weighted by Crippen LogP contribution is 2.33. The van der Waals surface area contributed by atoms with E-state index in [0.717, 1.165) is 4.31 Å². The van der Waals surface area contributed by atoms with Gasteiger partial charge in [0.15, 0.2) is 5.82 Å². The van der Waals surface area contributed by atoms with Crippen LogP contribution in [0.2, 0.25) is 0 Å². The number of sulfonamides is 1. The Balaban J connectivity index is 1.66. The van der Waals surface area contributed by atoms with Crippen LogP contribution in [0.3, 0.4) is 0 Å². The molecule has 2 aromatic carbocycles. The van der Waals surface area contributed by atoms with Crippen molar-refractivity contribution in [2.24, 2.45) is 0 Å². The number of carbonyl (C=O) groups is 1. The molecule has 1 fully saturated rings. The first-order chi connectivity index (χ1) is 17.1. The molecule has 1 atom stereocenters. The van der Waals surface area contributed by atoms with Gasteiger partial charge in [-0.2, -0.15) is 0 Å². The van der Waals surface area contributed by atoms with Crippen molar-refractivity contribution in [2.75, 3.05) is 36.5 Å². The normalized spacial score (nSPS) is 15.7. The number of hydrogen-bond acceptors (Lipinski definition) is 7. The summed E-state index contributed by atoms with van der Waals surface area (Å²) in [6.07, 6.45) is -0.391. The van der Waals surface area contributed by atoms with Gasteiger partial charge in [-0.1, -0.05) is 12.1 Å². The molecule has 36 heavy (non-hydrogen) atoms. The fraction of sp³-hybridized carbons (Fsp3) is 0.333. The van der Waals surface area contributed by atoms with Gasteiger partial charge in [-0.3, -0.25) is 0 Å². The molecule has 0 bridgehead atoms. The minimum Gasteiger partial charge on any atom is -0.497 e. The number of ether oxygens (including phenoxy) is 1. The molecule has 12 heteroatoms. The van der Waals surface area contributed by atoms with Gasteiger partial charge in [0.1, 0.15) is 16.5 Å². The van der Waals surface area contributed by atoms with E-state index in [-0.39, 0.29) is 18.4 Å². The average molecular weight is 535 g/mol. The van der Waals surface area contributed by atoms with Crippen LogP contribution >= 0.6 is 11.3 Å². The molecule has 1 aliphatic rings. The molecule has 0 aliphatic carbocycles. The monoisotopic (exact) mass is 534 g/mol. The third kappa shape index (κ3) is 5.09. The number of hydrogen-bond donors (Lipinski definition) is 1. The number of benzene rings is 2. The van der Waals surface area contributed by atoms with E-state index in [1.165, 1.54) is 33.9 Å². The number of aryl methyl sites for hydroxylation is 1. The van der Waals surface area contributed by atoms with Crippen molar-refractivity contribution in [1.82, 2.24) is 9.88 Å². The first-order valence-electron chi connectivity index (χ1n) is 11.2. The number of amides is 1. The van der Waals surface area contributed by atoms with Crippen molar-refractivity contribution in [2.45, 2.75) is 30.8 Å². The standard InChI is InChI=1S/C24H27FN4O5S2/c1-16-10-22(20(25)11-21(16)27(2)18-8-9-28(13-18)24(30)31)36(32,33)29(23-14-35-15-26-23)12-17-4-6-19(34-3)7-5-17/h4-7,10-11,14-15,18H,8-9,12-13H2,1-3H3,(H,30,31)/t18-/m0/s1. The number of anilines is 2. The minimum absolute atomic E-state index is 0.0384. The van der Waals surface area contributed by atoms with Crippen LogP contribution in [-0.2, 0) is 16.6 Å². The SMILES string of the molecule is COc1ccc(CN(c2cscn2)S(=O)(=O)c2cc(C)c(N(C)[C@H]3CCN(C(=O)O)C3)cc2F)cc1. The Kier molecular flexibility index (Phi) is 7.36. The predicted octanol–water partition coefficient (Wildman–Crippen LogP) is 4.18. The Labute approximate surface area is 213 Å². The van der Waals surface area contributed by atoms with Crippen LogP contribution in [0.1, 0.15) is 17.5 Å². The maximum Gasteiger partial charge on any atom is 0.407 e. The van der Waals surface area contributed by atoms with Crippen LogP contribution < -0.4 is 13.9 Å². The first kappa shape index (κ1) is 25.7. The molecule has 1 N–H and O–H groups in total. The van der Waals surface area contributed by atoms with E-state index in [2.05, 4.69) is 4.98 Å². The van der Waals surface area contributed by atoms with Crippen LogP contribution in [0.4, 0.5) is 20.7 Å². The first-order valence-corrected chi connectivity index (χ1v) is 13.5. The van der Waals surface area contributed by atoms with Crippen LogP contribution in [0.5, 0.6) is 5.75 Å². The van der Waals surface area contributed by atoms with Gasteiger partial charge in [0.25, 0.3) is 10.0 Å². The van der Waals surface area contributed by atoms with Gasteiger partial charge < -0.3 is 19.6 Å². The van der Waals surface area contributed by atoms with E-state index in [9.17, 15) is 18.3 Å². The molecule has 192 valence electrons. The van der Waals surface area contributed by atoms with E-state index >= 15 is 4.39 Å². The van der Waals surface area contributed by atoms with Crippen LogP contribution in [0.25, 0.3) is 0 Å². The summed E-state index contributed by atoms with van der Waals surface area (Å²) in [6, 6.07) is 9.34. The van der Waals surface area contributed by atoms with E-state index in [1.54, 1.807) is 50.7 Å². The third-order valence-electron chi connectivity index (χ3n) is 6.34. The second-order valence-corrected chi connectivity index (χ2v) is 11.1. The number of carboxylic acid groups (broad SMARTS) is 1. The number of halogens is 1. The highest BCUT2D eigenvalue weighted by Gasteiger charge is 2.33. The Morgan fingerprint density at radius 1 is 1.31 bits per heavy atom. The molecule has 3 aromatic rings. The molecule has 0 radical (unpaired) electrons. The molecule has 4 rings (SSSR count). The van der Waals surface area contributed by atoms with E-state index in [1.807, 2.05) is 4.90 Å². The summed E-state index contributed by atoms with van der Waals surface area (Å²) >= 11 is 1.24. The van der Waals surface area contributed by atoms with Gasteiger partial charge in [-0.25, -0.2) is 26.9 Å². The van der Waals surface area contributed by atoms with Gasteiger partial charge in [0.2, 0.25) is 0 Å². The number of rotatable bonds is 8. The van der Waals surface area contributed by atoms with Crippen molar-refractivity contribution in [3.8, 4) is 5.75 Å². The number of thiazole rings is 1. The summed E-state index contributed by atoms with van der Waals surface area (Å²) in [6.45, 7) is 2.37. The third-order valence-corrected chi connectivity index (χ3v) is 8.68. The quantitative estimate of drug-likeness (QED) is 0.462. The second-order valence-electron chi connectivity index (χ2n) is 8.56. The lowest BCUT2D eigenvalue weighted by atomic mass is 10.1. The lowest BCUT2D eigenvalue weighted by Crippen LogP contribution is -2.36. The van der Waals surface area contributed by atoms with Gasteiger partial charge in [0.05, 0.1) is 19.2 Å². The maximum absolute atomic E-state index is 15.4. The molecule has 1 amide bonds. The zero-order valence-electron chi connectivity index (χ0n) is 20.1. The van der Waals surface area contributed by atoms with Crippen LogP contribution in [0.15, 0.2) is 52.2 Å². The molecule has 1 aliphatic heterocycles. The van der Waals surface area contributed by atoms with Crippen LogP contribution in [0, 0.1) is 12.7 Å². The maximum atomic E-state index is 15.4. The van der Waals surface area contributed by atoms with E-state index in [0.29, 0.717) is 42.1 Å². The minimum atomic E-state index is -4.31. The van der Waals surface area contributed by atoms with Crippen molar-refractivity contribution in [3.05, 3.63) is 64.2 Å². The Bertz CT molecular complexity index is 1330. The van der Waals surface area contributed by atoms with Gasteiger partial charge >= 0.3 is 6.09 Å². The summed E-state index contributed by atoms with van der Waals surface area (Å²) in [5.41, 5.74) is 3.28. The molecule has 0 unspecified atom stereocenters. The van der Waals surface area contributed by atoms with Gasteiger partial charge in [-0.05, 0) is 48.7 Å². The highest BCUT2D eigenvalue weighted by molar-refractivity contribution is 7.92. The zero-order valence-corrected chi connectivity index (χ0v) is 21.7. The predicted molar refractivity (Wildman–Crippen MR) is 136 cm³/mol. The zero-order chi connectivity index (χ0) is 26.0. The van der Waals surface area contributed by atoms with E-state index < -0.39 is 26.8 Å². The summed E-state index contributed by atoms with van der Waals surface area (Å²) in [7, 11) is -1.00. The second kappa shape index (κ2) is 10.3. The molecule has 9 nitrogen and oxygen atoms in total. The summed E-state index contributed by atoms with van der Waals surface area (Å²) < 4.78 is 49.2. The molecular weight excluding hydrogens is 507 g/mol. The molecule has 0 saturated carbocycles. The summed E-state index contributed by atoms with van der Waals surface area (Å²) in [5, 5.41) is 10.8. The average Bonchev–Trinajstić information content (AvgIpc) is 3.56. The van der Waals surface area contributed by atoms with Gasteiger partial charge in [-0.15, -0.1) is 11.3 Å². The molecule has 0 spiro atoms. The Morgan fingerprint density at radius 3 is 2.61 bits per heavy atom. The largest absolute Gasteiger partial charge is 0.497 e. The number of nitrogens with zero attached hydrogens (tertiary/aromatic N) is 4. The number of likely N-dealkylation sites (tertiary alicyclic amines) is 1. The molecule has 1 aromatic heterocycles.